The van der Waals surface area contributed by atoms with Crippen LogP contribution in [-0.4, -0.2) is 33.9 Å². The topological polar surface area (TPSA) is 39.7 Å². The zero-order valence-electron chi connectivity index (χ0n) is 12.6. The van der Waals surface area contributed by atoms with Gasteiger partial charge < -0.3 is 19.5 Å². The molecule has 0 spiro atoms. The minimum atomic E-state index is 0.117. The third kappa shape index (κ3) is 3.64. The molecule has 0 aliphatic carbocycles. The second-order valence-electron chi connectivity index (χ2n) is 5.15. The molecule has 1 aliphatic heterocycles. The fourth-order valence-corrected chi connectivity index (χ4v) is 2.74. The summed E-state index contributed by atoms with van der Waals surface area (Å²) in [6, 6.07) is 6.00. The molecule has 4 heteroatoms. The Kier molecular flexibility index (Phi) is 5.68. The predicted molar refractivity (Wildman–Crippen MR) is 79.5 cm³/mol. The van der Waals surface area contributed by atoms with Gasteiger partial charge in [0.2, 0.25) is 0 Å². The number of rotatable bonds is 6. The molecule has 1 aliphatic rings. The van der Waals surface area contributed by atoms with Crippen molar-refractivity contribution < 1.29 is 14.2 Å². The van der Waals surface area contributed by atoms with Gasteiger partial charge in [0.1, 0.15) is 11.5 Å². The Morgan fingerprint density at radius 2 is 1.90 bits per heavy atom. The summed E-state index contributed by atoms with van der Waals surface area (Å²) < 4.78 is 16.7. The Morgan fingerprint density at radius 1 is 1.20 bits per heavy atom. The second kappa shape index (κ2) is 7.50. The molecule has 2 rings (SSSR count). The van der Waals surface area contributed by atoms with Gasteiger partial charge in [-0.1, -0.05) is 6.92 Å². The summed E-state index contributed by atoms with van der Waals surface area (Å²) in [5.74, 6) is 2.13. The molecule has 1 heterocycles. The van der Waals surface area contributed by atoms with Crippen LogP contribution in [0.4, 0.5) is 0 Å². The highest BCUT2D eigenvalue weighted by atomic mass is 16.5. The molecular formula is C16H25NO3. The van der Waals surface area contributed by atoms with Crippen molar-refractivity contribution >= 4 is 0 Å². The van der Waals surface area contributed by atoms with Crippen LogP contribution < -0.4 is 14.8 Å². The molecule has 1 N–H and O–H groups in total. The summed E-state index contributed by atoms with van der Waals surface area (Å²) in [6.45, 7) is 4.94. The van der Waals surface area contributed by atoms with Gasteiger partial charge in [0.25, 0.3) is 0 Å². The SMILES string of the molecule is CCNCC1CCCOC1c1cc(OC)cc(OC)c1. The van der Waals surface area contributed by atoms with E-state index in [0.29, 0.717) is 5.92 Å². The van der Waals surface area contributed by atoms with E-state index in [2.05, 4.69) is 24.4 Å². The Balaban J connectivity index is 2.21. The monoisotopic (exact) mass is 279 g/mol. The number of ether oxygens (including phenoxy) is 3. The lowest BCUT2D eigenvalue weighted by molar-refractivity contribution is -0.0277. The lowest BCUT2D eigenvalue weighted by atomic mass is 9.89. The number of hydrogen-bond acceptors (Lipinski definition) is 4. The van der Waals surface area contributed by atoms with Gasteiger partial charge in [0, 0.05) is 25.1 Å². The fourth-order valence-electron chi connectivity index (χ4n) is 2.74. The van der Waals surface area contributed by atoms with E-state index in [9.17, 15) is 0 Å². The maximum atomic E-state index is 6.02. The molecule has 4 nitrogen and oxygen atoms in total. The molecule has 20 heavy (non-hydrogen) atoms. The number of methoxy groups -OCH3 is 2. The fraction of sp³-hybridized carbons (Fsp3) is 0.625. The third-order valence-corrected chi connectivity index (χ3v) is 3.80. The first-order valence-electron chi connectivity index (χ1n) is 7.33. The van der Waals surface area contributed by atoms with Gasteiger partial charge >= 0.3 is 0 Å². The standard InChI is InChI=1S/C16H25NO3/c1-4-17-11-12-6-5-7-20-16(12)13-8-14(18-2)10-15(9-13)19-3/h8-10,12,16-17H,4-7,11H2,1-3H3. The van der Waals surface area contributed by atoms with Gasteiger partial charge in [-0.05, 0) is 37.1 Å². The normalized spacial score (nSPS) is 22.6. The van der Waals surface area contributed by atoms with Crippen LogP contribution in [0.2, 0.25) is 0 Å². The lowest BCUT2D eigenvalue weighted by Gasteiger charge is -2.32. The average molecular weight is 279 g/mol. The average Bonchev–Trinajstić information content (AvgIpc) is 2.52. The molecule has 2 atom stereocenters. The first-order chi connectivity index (χ1) is 9.78. The van der Waals surface area contributed by atoms with Gasteiger partial charge in [-0.15, -0.1) is 0 Å². The zero-order valence-corrected chi connectivity index (χ0v) is 12.6. The summed E-state index contributed by atoms with van der Waals surface area (Å²) in [6.07, 6.45) is 2.44. The van der Waals surface area contributed by atoms with Crippen LogP contribution in [0.15, 0.2) is 18.2 Å². The number of hydrogen-bond donors (Lipinski definition) is 1. The highest BCUT2D eigenvalue weighted by molar-refractivity contribution is 5.39. The Bertz CT molecular complexity index is 400. The summed E-state index contributed by atoms with van der Waals surface area (Å²) in [5.41, 5.74) is 1.14. The van der Waals surface area contributed by atoms with Crippen LogP contribution in [0.1, 0.15) is 31.4 Å². The van der Waals surface area contributed by atoms with Crippen LogP contribution in [0, 0.1) is 5.92 Å². The minimum Gasteiger partial charge on any atom is -0.497 e. The maximum absolute atomic E-state index is 6.02. The van der Waals surface area contributed by atoms with Gasteiger partial charge in [-0.25, -0.2) is 0 Å². The van der Waals surface area contributed by atoms with Crippen molar-refractivity contribution in [2.45, 2.75) is 25.9 Å². The number of benzene rings is 1. The molecule has 0 aromatic heterocycles. The molecule has 0 radical (unpaired) electrons. The van der Waals surface area contributed by atoms with Gasteiger partial charge in [-0.2, -0.15) is 0 Å². The largest absolute Gasteiger partial charge is 0.497 e. The van der Waals surface area contributed by atoms with E-state index >= 15 is 0 Å². The third-order valence-electron chi connectivity index (χ3n) is 3.80. The van der Waals surface area contributed by atoms with Crippen molar-refractivity contribution in [3.05, 3.63) is 23.8 Å². The van der Waals surface area contributed by atoms with Crippen molar-refractivity contribution in [3.63, 3.8) is 0 Å². The lowest BCUT2D eigenvalue weighted by Crippen LogP contribution is -2.31. The van der Waals surface area contributed by atoms with Crippen molar-refractivity contribution in [2.75, 3.05) is 33.9 Å². The zero-order chi connectivity index (χ0) is 14.4. The minimum absolute atomic E-state index is 0.117. The van der Waals surface area contributed by atoms with Crippen LogP contribution in [0.5, 0.6) is 11.5 Å². The van der Waals surface area contributed by atoms with Crippen molar-refractivity contribution in [1.29, 1.82) is 0 Å². The van der Waals surface area contributed by atoms with Crippen molar-refractivity contribution in [1.82, 2.24) is 5.32 Å². The number of nitrogens with one attached hydrogen (secondary N) is 1. The molecule has 1 fully saturated rings. The van der Waals surface area contributed by atoms with E-state index < -0.39 is 0 Å². The molecule has 0 amide bonds. The van der Waals surface area contributed by atoms with Crippen LogP contribution in [-0.2, 0) is 4.74 Å². The van der Waals surface area contributed by atoms with E-state index in [4.69, 9.17) is 14.2 Å². The molecule has 1 saturated heterocycles. The van der Waals surface area contributed by atoms with E-state index in [0.717, 1.165) is 43.2 Å². The Morgan fingerprint density at radius 3 is 2.50 bits per heavy atom. The second-order valence-corrected chi connectivity index (χ2v) is 5.15. The quantitative estimate of drug-likeness (QED) is 0.869. The highest BCUT2D eigenvalue weighted by Crippen LogP contribution is 2.36. The molecule has 112 valence electrons. The Labute approximate surface area is 121 Å². The molecule has 1 aromatic rings. The molecular weight excluding hydrogens is 254 g/mol. The summed E-state index contributed by atoms with van der Waals surface area (Å²) in [5, 5.41) is 3.43. The first kappa shape index (κ1) is 15.1. The van der Waals surface area contributed by atoms with Gasteiger partial charge in [0.15, 0.2) is 0 Å². The van der Waals surface area contributed by atoms with Crippen molar-refractivity contribution in [2.24, 2.45) is 5.92 Å². The molecule has 1 aromatic carbocycles. The van der Waals surface area contributed by atoms with E-state index in [1.54, 1.807) is 14.2 Å². The Hall–Kier alpha value is -1.26. The molecule has 0 bridgehead atoms. The smallest absolute Gasteiger partial charge is 0.122 e. The highest BCUT2D eigenvalue weighted by Gasteiger charge is 2.27. The summed E-state index contributed by atoms with van der Waals surface area (Å²) >= 11 is 0. The molecule has 2 unspecified atom stereocenters. The van der Waals surface area contributed by atoms with E-state index in [1.165, 1.54) is 6.42 Å². The van der Waals surface area contributed by atoms with Gasteiger partial charge in [-0.3, -0.25) is 0 Å². The van der Waals surface area contributed by atoms with Crippen LogP contribution >= 0.6 is 0 Å². The first-order valence-corrected chi connectivity index (χ1v) is 7.33. The van der Waals surface area contributed by atoms with Gasteiger partial charge in [0.05, 0.1) is 20.3 Å². The van der Waals surface area contributed by atoms with E-state index in [-0.39, 0.29) is 6.10 Å². The van der Waals surface area contributed by atoms with Crippen molar-refractivity contribution in [3.8, 4) is 11.5 Å². The summed E-state index contributed by atoms with van der Waals surface area (Å²) in [7, 11) is 3.35. The maximum Gasteiger partial charge on any atom is 0.122 e. The molecule has 0 saturated carbocycles. The predicted octanol–water partition coefficient (Wildman–Crippen LogP) is 2.78. The van der Waals surface area contributed by atoms with E-state index in [1.807, 2.05) is 6.07 Å². The summed E-state index contributed by atoms with van der Waals surface area (Å²) in [4.78, 5) is 0. The van der Waals surface area contributed by atoms with Crippen LogP contribution in [0.3, 0.4) is 0 Å². The van der Waals surface area contributed by atoms with Crippen LogP contribution in [0.25, 0.3) is 0 Å².